The van der Waals surface area contributed by atoms with Gasteiger partial charge in [-0.3, -0.25) is 0 Å². The molecule has 0 aromatic heterocycles. The van der Waals surface area contributed by atoms with E-state index in [0.717, 1.165) is 12.7 Å². The molecule has 0 aromatic carbocycles. The molecular formula is C7H16N2Si. The zero-order valence-corrected chi connectivity index (χ0v) is 8.31. The standard InChI is InChI=1S/C7H16N2Si/c1-5-8-6-9-7-10(2,3)4/h5,7H2,1-4H3. The van der Waals surface area contributed by atoms with E-state index in [4.69, 9.17) is 0 Å². The third-order valence-electron chi connectivity index (χ3n) is 0.853. The van der Waals surface area contributed by atoms with Crippen molar-refractivity contribution in [2.45, 2.75) is 26.6 Å². The summed E-state index contributed by atoms with van der Waals surface area (Å²) in [4.78, 5) is 7.96. The largest absolute Gasteiger partial charge is 0.229 e. The van der Waals surface area contributed by atoms with Gasteiger partial charge in [0.15, 0.2) is 0 Å². The number of aliphatic imine (C=N–C) groups is 2. The lowest BCUT2D eigenvalue weighted by molar-refractivity contribution is 1.13. The van der Waals surface area contributed by atoms with E-state index in [9.17, 15) is 0 Å². The first-order chi connectivity index (χ1) is 4.56. The maximum absolute atomic E-state index is 4.08. The molecule has 0 N–H and O–H groups in total. The molecule has 0 bridgehead atoms. The lowest BCUT2D eigenvalue weighted by atomic mass is 10.8. The summed E-state index contributed by atoms with van der Waals surface area (Å²) in [5, 5.41) is 0. The van der Waals surface area contributed by atoms with Crippen LogP contribution in [0.2, 0.25) is 19.6 Å². The van der Waals surface area contributed by atoms with Crippen molar-refractivity contribution in [3.63, 3.8) is 0 Å². The molecule has 3 heteroatoms. The number of hydrogen-bond donors (Lipinski definition) is 0. The summed E-state index contributed by atoms with van der Waals surface area (Å²) in [6.45, 7) is 9.62. The molecule has 0 unspecified atom stereocenters. The van der Waals surface area contributed by atoms with E-state index in [2.05, 4.69) is 35.6 Å². The Kier molecular flexibility index (Phi) is 4.24. The highest BCUT2D eigenvalue weighted by atomic mass is 28.3. The van der Waals surface area contributed by atoms with Crippen molar-refractivity contribution in [2.24, 2.45) is 9.98 Å². The summed E-state index contributed by atoms with van der Waals surface area (Å²) in [5.74, 6) is 0. The minimum Gasteiger partial charge on any atom is -0.229 e. The highest BCUT2D eigenvalue weighted by Crippen LogP contribution is 1.98. The van der Waals surface area contributed by atoms with Gasteiger partial charge in [-0.2, -0.15) is 0 Å². The number of rotatable bonds is 3. The molecule has 0 rings (SSSR count). The Hall–Kier alpha value is -0.403. The molecule has 0 aliphatic carbocycles. The Bertz CT molecular complexity index is 140. The van der Waals surface area contributed by atoms with Crippen LogP contribution in [0.5, 0.6) is 0 Å². The van der Waals surface area contributed by atoms with Crippen molar-refractivity contribution >= 4 is 14.1 Å². The van der Waals surface area contributed by atoms with Crippen LogP contribution in [0.15, 0.2) is 9.98 Å². The summed E-state index contributed by atoms with van der Waals surface area (Å²) in [5.41, 5.74) is 0. The minimum absolute atomic E-state index is 0.787. The van der Waals surface area contributed by atoms with Crippen LogP contribution in [-0.4, -0.2) is 26.8 Å². The van der Waals surface area contributed by atoms with Crippen LogP contribution in [0.4, 0.5) is 0 Å². The van der Waals surface area contributed by atoms with Gasteiger partial charge in [0.1, 0.15) is 0 Å². The topological polar surface area (TPSA) is 24.7 Å². The molecule has 0 spiro atoms. The normalized spacial score (nSPS) is 10.4. The van der Waals surface area contributed by atoms with Crippen molar-refractivity contribution in [3.05, 3.63) is 0 Å². The first-order valence-electron chi connectivity index (χ1n) is 3.64. The molecule has 0 saturated heterocycles. The third kappa shape index (κ3) is 7.60. The zero-order valence-electron chi connectivity index (χ0n) is 7.31. The molecule has 0 aliphatic rings. The summed E-state index contributed by atoms with van der Waals surface area (Å²) in [6, 6.07) is 2.68. The van der Waals surface area contributed by atoms with Gasteiger partial charge in [0.2, 0.25) is 0 Å². The van der Waals surface area contributed by atoms with Crippen LogP contribution in [0.25, 0.3) is 0 Å². The molecule has 0 saturated carbocycles. The lowest BCUT2D eigenvalue weighted by Gasteiger charge is -2.08. The molecule has 2 nitrogen and oxygen atoms in total. The van der Waals surface area contributed by atoms with Crippen LogP contribution >= 0.6 is 0 Å². The van der Waals surface area contributed by atoms with Gasteiger partial charge in [0.25, 0.3) is 0 Å². The maximum atomic E-state index is 4.08. The van der Waals surface area contributed by atoms with Crippen LogP contribution in [0.3, 0.4) is 0 Å². The molecule has 0 radical (unpaired) electrons. The Labute approximate surface area is 64.1 Å². The first kappa shape index (κ1) is 9.60. The molecule has 0 amide bonds. The maximum Gasteiger partial charge on any atom is 0.0889 e. The average Bonchev–Trinajstić information content (AvgIpc) is 1.78. The van der Waals surface area contributed by atoms with Crippen LogP contribution < -0.4 is 0 Å². The van der Waals surface area contributed by atoms with Gasteiger partial charge in [0.05, 0.1) is 14.1 Å². The van der Waals surface area contributed by atoms with Gasteiger partial charge in [-0.1, -0.05) is 19.6 Å². The predicted molar refractivity (Wildman–Crippen MR) is 48.6 cm³/mol. The Morgan fingerprint density at radius 2 is 1.80 bits per heavy atom. The van der Waals surface area contributed by atoms with E-state index in [1.54, 1.807) is 0 Å². The SMILES string of the molecule is CCN=C=NC[Si](C)(C)C. The van der Waals surface area contributed by atoms with Crippen molar-refractivity contribution in [1.29, 1.82) is 0 Å². The van der Waals surface area contributed by atoms with Crippen molar-refractivity contribution in [3.8, 4) is 0 Å². The highest BCUT2D eigenvalue weighted by Gasteiger charge is 2.10. The van der Waals surface area contributed by atoms with Crippen LogP contribution in [-0.2, 0) is 0 Å². The Morgan fingerprint density at radius 1 is 1.20 bits per heavy atom. The van der Waals surface area contributed by atoms with E-state index in [1.165, 1.54) is 0 Å². The molecule has 10 heavy (non-hydrogen) atoms. The number of nitrogens with zero attached hydrogens (tertiary/aromatic N) is 2. The summed E-state index contributed by atoms with van der Waals surface area (Å²) >= 11 is 0. The molecule has 0 aliphatic heterocycles. The van der Waals surface area contributed by atoms with E-state index in [0.29, 0.717) is 0 Å². The molecule has 0 fully saturated rings. The van der Waals surface area contributed by atoms with E-state index in [1.807, 2.05) is 6.92 Å². The summed E-state index contributed by atoms with van der Waals surface area (Å²) < 4.78 is 0. The fraction of sp³-hybridized carbons (Fsp3) is 0.857. The van der Waals surface area contributed by atoms with E-state index < -0.39 is 8.07 Å². The zero-order chi connectivity index (χ0) is 8.04. The second-order valence-electron chi connectivity index (χ2n) is 3.45. The van der Waals surface area contributed by atoms with Crippen LogP contribution in [0.1, 0.15) is 6.92 Å². The summed E-state index contributed by atoms with van der Waals surface area (Å²) in [6.07, 6.45) is 0.941. The Balaban J connectivity index is 3.64. The van der Waals surface area contributed by atoms with E-state index in [-0.39, 0.29) is 0 Å². The van der Waals surface area contributed by atoms with Gasteiger partial charge in [-0.05, 0) is 6.92 Å². The van der Waals surface area contributed by atoms with Gasteiger partial charge in [0, 0.05) is 12.7 Å². The lowest BCUT2D eigenvalue weighted by Crippen LogP contribution is -2.24. The second kappa shape index (κ2) is 4.42. The van der Waals surface area contributed by atoms with Gasteiger partial charge >= 0.3 is 0 Å². The summed E-state index contributed by atoms with van der Waals surface area (Å²) in [7, 11) is -0.996. The van der Waals surface area contributed by atoms with Gasteiger partial charge in [-0.15, -0.1) is 0 Å². The molecule has 0 atom stereocenters. The first-order valence-corrected chi connectivity index (χ1v) is 7.35. The fourth-order valence-electron chi connectivity index (χ4n) is 0.393. The van der Waals surface area contributed by atoms with Gasteiger partial charge in [-0.25, -0.2) is 9.98 Å². The van der Waals surface area contributed by atoms with Crippen molar-refractivity contribution < 1.29 is 0 Å². The van der Waals surface area contributed by atoms with Crippen LogP contribution in [0, 0.1) is 0 Å². The second-order valence-corrected chi connectivity index (χ2v) is 8.89. The van der Waals surface area contributed by atoms with Crippen molar-refractivity contribution in [2.75, 3.05) is 12.7 Å². The monoisotopic (exact) mass is 156 g/mol. The third-order valence-corrected chi connectivity index (χ3v) is 1.96. The molecular weight excluding hydrogens is 140 g/mol. The fourth-order valence-corrected chi connectivity index (χ4v) is 0.938. The highest BCUT2D eigenvalue weighted by molar-refractivity contribution is 6.76. The minimum atomic E-state index is -0.996. The average molecular weight is 156 g/mol. The molecule has 0 aromatic rings. The molecule has 58 valence electrons. The smallest absolute Gasteiger partial charge is 0.0889 e. The molecule has 0 heterocycles. The van der Waals surface area contributed by atoms with E-state index >= 15 is 0 Å². The predicted octanol–water partition coefficient (Wildman–Crippen LogP) is 2.06. The quantitative estimate of drug-likeness (QED) is 0.441. The van der Waals surface area contributed by atoms with Gasteiger partial charge < -0.3 is 0 Å². The number of hydrogen-bond acceptors (Lipinski definition) is 2. The van der Waals surface area contributed by atoms with Crippen molar-refractivity contribution in [1.82, 2.24) is 0 Å². The Morgan fingerprint density at radius 3 is 2.20 bits per heavy atom.